The highest BCUT2D eigenvalue weighted by molar-refractivity contribution is 7.23. The molecule has 0 heterocycles. The molecule has 0 aromatic rings. The van der Waals surface area contributed by atoms with Gasteiger partial charge < -0.3 is 0 Å². The molecular weight excluding hydrogens is 281 g/mol. The Morgan fingerprint density at radius 3 is 2.10 bits per heavy atom. The highest BCUT2D eigenvalue weighted by atomic mass is 31.1. The summed E-state index contributed by atoms with van der Waals surface area (Å²) in [6.07, 6.45) is 14.5. The Bertz CT molecular complexity index is 296. The third-order valence-electron chi connectivity index (χ3n) is 5.02. The van der Waals surface area contributed by atoms with Gasteiger partial charge in [-0.2, -0.15) is 0 Å². The minimum atomic E-state index is 0.302. The van der Waals surface area contributed by atoms with E-state index in [1.54, 1.807) is 6.08 Å². The number of rotatable bonds is 8. The van der Waals surface area contributed by atoms with Gasteiger partial charge in [-0.25, -0.2) is 9.79 Å². The molecule has 0 bridgehead atoms. The van der Waals surface area contributed by atoms with Crippen LogP contribution in [0.5, 0.6) is 0 Å². The Kier molecular flexibility index (Phi) is 12.8. The van der Waals surface area contributed by atoms with Crippen LogP contribution >= 0.6 is 8.46 Å². The largest absolute Gasteiger partial charge is 0.275 e. The lowest BCUT2D eigenvalue weighted by atomic mass is 9.76. The summed E-state index contributed by atoms with van der Waals surface area (Å²) in [5, 5.41) is 0. The molecule has 3 nitrogen and oxygen atoms in total. The lowest BCUT2D eigenvalue weighted by Crippen LogP contribution is -2.17. The summed E-state index contributed by atoms with van der Waals surface area (Å²) in [4.78, 5) is 13.5. The molecule has 1 fully saturated rings. The van der Waals surface area contributed by atoms with Gasteiger partial charge in [-0.1, -0.05) is 59.3 Å². The number of aliphatic imine (C=N–C) groups is 1. The molecular formula is C17H32NO2P. The van der Waals surface area contributed by atoms with Crippen molar-refractivity contribution in [2.45, 2.75) is 91.0 Å². The van der Waals surface area contributed by atoms with Crippen molar-refractivity contribution in [1.29, 1.82) is 0 Å². The van der Waals surface area contributed by atoms with Crippen molar-refractivity contribution in [1.82, 2.24) is 0 Å². The van der Waals surface area contributed by atoms with E-state index < -0.39 is 0 Å². The van der Waals surface area contributed by atoms with Crippen LogP contribution in [0.25, 0.3) is 0 Å². The minimum absolute atomic E-state index is 0.302. The van der Waals surface area contributed by atoms with E-state index in [9.17, 15) is 9.36 Å². The highest BCUT2D eigenvalue weighted by Crippen LogP contribution is 2.35. The van der Waals surface area contributed by atoms with E-state index in [1.165, 1.54) is 44.9 Å². The first-order chi connectivity index (χ1) is 10.2. The highest BCUT2D eigenvalue weighted by Gasteiger charge is 2.22. The van der Waals surface area contributed by atoms with Crippen LogP contribution in [-0.4, -0.2) is 18.3 Å². The number of nitrogens with zero attached hydrogens (tertiary/aromatic N) is 1. The standard InChI is InChI=1S/C10H21OP.C7H11NO/c1-4-10(5-2,6-3)8-7-9-12-11;9-6-8-7-4-2-1-3-5-7/h4-9H2,1-3H3;7H,1-5H2. The molecule has 0 N–H and O–H groups in total. The van der Waals surface area contributed by atoms with Crippen molar-refractivity contribution < 1.29 is 9.36 Å². The molecule has 0 aliphatic heterocycles. The van der Waals surface area contributed by atoms with Crippen molar-refractivity contribution in [3.8, 4) is 0 Å². The van der Waals surface area contributed by atoms with Gasteiger partial charge in [0.25, 0.3) is 0 Å². The average Bonchev–Trinajstić information content (AvgIpc) is 2.54. The fourth-order valence-corrected chi connectivity index (χ4v) is 3.37. The topological polar surface area (TPSA) is 46.5 Å². The predicted octanol–water partition coefficient (Wildman–Crippen LogP) is 5.93. The SMILES string of the molecule is CCC(CC)(CC)CCCP=O.O=C=NC1CCCCC1. The normalized spacial score (nSPS) is 16.0. The van der Waals surface area contributed by atoms with E-state index in [2.05, 4.69) is 25.8 Å². The predicted molar refractivity (Wildman–Crippen MR) is 90.0 cm³/mol. The van der Waals surface area contributed by atoms with E-state index in [0.717, 1.165) is 25.4 Å². The molecule has 1 aliphatic carbocycles. The van der Waals surface area contributed by atoms with Crippen molar-refractivity contribution in [3.63, 3.8) is 0 Å². The van der Waals surface area contributed by atoms with Crippen LogP contribution in [0.3, 0.4) is 0 Å². The van der Waals surface area contributed by atoms with Crippen molar-refractivity contribution in [2.24, 2.45) is 10.4 Å². The van der Waals surface area contributed by atoms with E-state index in [0.29, 0.717) is 19.9 Å². The first kappa shape index (κ1) is 20.5. The Morgan fingerprint density at radius 1 is 1.10 bits per heavy atom. The molecule has 21 heavy (non-hydrogen) atoms. The number of isocyanates is 1. The van der Waals surface area contributed by atoms with Gasteiger partial charge in [0.2, 0.25) is 6.08 Å². The van der Waals surface area contributed by atoms with Gasteiger partial charge in [0, 0.05) is 6.16 Å². The van der Waals surface area contributed by atoms with Gasteiger partial charge in [0.05, 0.1) is 6.04 Å². The molecule has 0 aromatic heterocycles. The average molecular weight is 313 g/mol. The number of hydrogen-bond acceptors (Lipinski definition) is 3. The zero-order valence-corrected chi connectivity index (χ0v) is 15.0. The zero-order chi connectivity index (χ0) is 16.0. The van der Waals surface area contributed by atoms with E-state index in [-0.39, 0.29) is 0 Å². The van der Waals surface area contributed by atoms with E-state index in [1.807, 2.05) is 0 Å². The molecule has 0 unspecified atom stereocenters. The molecule has 1 rings (SSSR count). The molecule has 1 aliphatic rings. The van der Waals surface area contributed by atoms with Crippen LogP contribution in [0.1, 0.15) is 85.0 Å². The quantitative estimate of drug-likeness (QED) is 0.241. The van der Waals surface area contributed by atoms with Crippen LogP contribution in [0.15, 0.2) is 4.99 Å². The summed E-state index contributed by atoms with van der Waals surface area (Å²) in [6, 6.07) is 0.302. The first-order valence-electron chi connectivity index (χ1n) is 8.54. The maximum absolute atomic E-state index is 10.3. The molecule has 0 radical (unpaired) electrons. The molecule has 0 amide bonds. The fraction of sp³-hybridized carbons (Fsp3) is 0.941. The summed E-state index contributed by atoms with van der Waals surface area (Å²) in [5.74, 6) is 0. The monoisotopic (exact) mass is 313 g/mol. The molecule has 0 spiro atoms. The second kappa shape index (κ2) is 13.2. The maximum Gasteiger partial charge on any atom is 0.235 e. The Balaban J connectivity index is 0.000000394. The Hall–Kier alpha value is -0.520. The summed E-state index contributed by atoms with van der Waals surface area (Å²) >= 11 is 0. The van der Waals surface area contributed by atoms with E-state index >= 15 is 0 Å². The lowest BCUT2D eigenvalue weighted by Gasteiger charge is -2.30. The van der Waals surface area contributed by atoms with Crippen molar-refractivity contribution in [3.05, 3.63) is 0 Å². The van der Waals surface area contributed by atoms with Crippen LogP contribution in [0, 0.1) is 5.41 Å². The van der Waals surface area contributed by atoms with Gasteiger partial charge in [-0.05, 0) is 31.1 Å². The molecule has 122 valence electrons. The first-order valence-corrected chi connectivity index (χ1v) is 9.53. The van der Waals surface area contributed by atoms with Gasteiger partial charge in [-0.3, -0.25) is 4.57 Å². The Labute approximate surface area is 132 Å². The summed E-state index contributed by atoms with van der Waals surface area (Å²) < 4.78 is 10.3. The van der Waals surface area contributed by atoms with Crippen LogP contribution < -0.4 is 0 Å². The van der Waals surface area contributed by atoms with Crippen molar-refractivity contribution in [2.75, 3.05) is 6.16 Å². The molecule has 1 saturated carbocycles. The zero-order valence-electron chi connectivity index (χ0n) is 14.1. The van der Waals surface area contributed by atoms with Crippen LogP contribution in [-0.2, 0) is 9.36 Å². The lowest BCUT2D eigenvalue weighted by molar-refractivity contribution is 0.227. The second-order valence-electron chi connectivity index (χ2n) is 6.03. The van der Waals surface area contributed by atoms with Gasteiger partial charge in [0.1, 0.15) is 0 Å². The molecule has 0 aromatic carbocycles. The molecule has 4 heteroatoms. The van der Waals surface area contributed by atoms with Crippen LogP contribution in [0.2, 0.25) is 0 Å². The fourth-order valence-electron chi connectivity index (χ4n) is 3.08. The number of hydrogen-bond donors (Lipinski definition) is 0. The number of carbonyl (C=O) groups excluding carboxylic acids is 1. The second-order valence-corrected chi connectivity index (χ2v) is 6.73. The third-order valence-corrected chi connectivity index (χ3v) is 5.52. The summed E-state index contributed by atoms with van der Waals surface area (Å²) in [5.41, 5.74) is 0.532. The van der Waals surface area contributed by atoms with Gasteiger partial charge in [0.15, 0.2) is 8.46 Å². The molecule has 0 atom stereocenters. The van der Waals surface area contributed by atoms with Crippen LogP contribution in [0.4, 0.5) is 0 Å². The maximum atomic E-state index is 10.3. The smallest absolute Gasteiger partial charge is 0.235 e. The van der Waals surface area contributed by atoms with Crippen molar-refractivity contribution >= 4 is 14.5 Å². The minimum Gasteiger partial charge on any atom is -0.275 e. The molecule has 0 saturated heterocycles. The summed E-state index contributed by atoms with van der Waals surface area (Å²) in [6.45, 7) is 6.80. The third kappa shape index (κ3) is 9.17. The Morgan fingerprint density at radius 2 is 1.67 bits per heavy atom. The van der Waals surface area contributed by atoms with E-state index in [4.69, 9.17) is 0 Å². The summed E-state index contributed by atoms with van der Waals surface area (Å²) in [7, 11) is 0.311. The van der Waals surface area contributed by atoms with Gasteiger partial charge in [-0.15, -0.1) is 0 Å². The van der Waals surface area contributed by atoms with Gasteiger partial charge >= 0.3 is 0 Å².